The van der Waals surface area contributed by atoms with Gasteiger partial charge in [-0.25, -0.2) is 0 Å². The number of nitrogens with zero attached hydrogens (tertiary/aromatic N) is 1. The number of carbonyl (C=O) groups is 1. The van der Waals surface area contributed by atoms with E-state index in [1.807, 2.05) is 6.92 Å². The third-order valence-electron chi connectivity index (χ3n) is 4.14. The second-order valence-corrected chi connectivity index (χ2v) is 5.29. The number of fused-ring (bicyclic) bond motifs is 1. The van der Waals surface area contributed by atoms with Crippen molar-refractivity contribution in [3.05, 3.63) is 0 Å². The summed E-state index contributed by atoms with van der Waals surface area (Å²) in [6.45, 7) is 4.97. The maximum Gasteiger partial charge on any atom is 0.132 e. The van der Waals surface area contributed by atoms with E-state index in [1.165, 1.54) is 25.7 Å². The Morgan fingerprint density at radius 3 is 3.00 bits per heavy atom. The molecule has 0 aromatic carbocycles. The maximum atomic E-state index is 11.3. The first-order valence-electron chi connectivity index (χ1n) is 7.18. The molecule has 3 heteroatoms. The zero-order valence-electron chi connectivity index (χ0n) is 11.0. The fraction of sp³-hybridized carbons (Fsp3) is 0.929. The highest BCUT2D eigenvalue weighted by Crippen LogP contribution is 2.28. The van der Waals surface area contributed by atoms with Crippen LogP contribution in [0.15, 0.2) is 0 Å². The van der Waals surface area contributed by atoms with Gasteiger partial charge in [-0.15, -0.1) is 0 Å². The minimum absolute atomic E-state index is 0.401. The van der Waals surface area contributed by atoms with Crippen LogP contribution in [0.25, 0.3) is 0 Å². The van der Waals surface area contributed by atoms with Crippen LogP contribution in [-0.4, -0.2) is 42.5 Å². The van der Waals surface area contributed by atoms with Crippen LogP contribution in [0.1, 0.15) is 51.9 Å². The quantitative estimate of drug-likeness (QED) is 0.738. The van der Waals surface area contributed by atoms with Gasteiger partial charge in [0.15, 0.2) is 0 Å². The van der Waals surface area contributed by atoms with E-state index in [9.17, 15) is 4.79 Å². The molecule has 98 valence electrons. The van der Waals surface area contributed by atoms with E-state index < -0.39 is 0 Å². The summed E-state index contributed by atoms with van der Waals surface area (Å²) in [5.41, 5.74) is 0. The first-order valence-corrected chi connectivity index (χ1v) is 7.18. The van der Waals surface area contributed by atoms with Gasteiger partial charge in [0.05, 0.1) is 12.7 Å². The molecule has 2 atom stereocenters. The van der Waals surface area contributed by atoms with Gasteiger partial charge in [-0.3, -0.25) is 9.69 Å². The highest BCUT2D eigenvalue weighted by molar-refractivity contribution is 5.77. The molecule has 1 heterocycles. The highest BCUT2D eigenvalue weighted by atomic mass is 16.5. The van der Waals surface area contributed by atoms with Crippen LogP contribution in [-0.2, 0) is 9.53 Å². The Bertz CT molecular complexity index is 253. The van der Waals surface area contributed by atoms with Crippen LogP contribution in [0.2, 0.25) is 0 Å². The highest BCUT2D eigenvalue weighted by Gasteiger charge is 2.33. The second-order valence-electron chi connectivity index (χ2n) is 5.29. The average Bonchev–Trinajstić information content (AvgIpc) is 2.39. The summed E-state index contributed by atoms with van der Waals surface area (Å²) >= 11 is 0. The lowest BCUT2D eigenvalue weighted by atomic mass is 9.90. The second kappa shape index (κ2) is 6.50. The minimum Gasteiger partial charge on any atom is -0.375 e. The monoisotopic (exact) mass is 239 g/mol. The molecule has 0 aromatic rings. The van der Waals surface area contributed by atoms with Gasteiger partial charge in [0.25, 0.3) is 0 Å². The Morgan fingerprint density at radius 1 is 1.35 bits per heavy atom. The zero-order chi connectivity index (χ0) is 12.1. The van der Waals surface area contributed by atoms with Crippen LogP contribution in [0, 0.1) is 0 Å². The van der Waals surface area contributed by atoms with Crippen LogP contribution in [0.3, 0.4) is 0 Å². The minimum atomic E-state index is 0.401. The Morgan fingerprint density at radius 2 is 2.18 bits per heavy atom. The standard InChI is InChI=1S/C14H25NO2/c1-2-12(16)6-5-9-15-10-11-17-14-8-4-3-7-13(14)15/h13-14H,2-11H2,1H3. The van der Waals surface area contributed by atoms with Crippen molar-refractivity contribution in [1.29, 1.82) is 0 Å². The summed E-state index contributed by atoms with van der Waals surface area (Å²) in [6, 6.07) is 0.634. The number of hydrogen-bond acceptors (Lipinski definition) is 3. The first kappa shape index (κ1) is 13.0. The van der Waals surface area contributed by atoms with Crippen molar-refractivity contribution in [2.24, 2.45) is 0 Å². The molecule has 3 nitrogen and oxygen atoms in total. The molecule has 1 saturated carbocycles. The molecule has 0 bridgehead atoms. The van der Waals surface area contributed by atoms with Crippen molar-refractivity contribution in [3.8, 4) is 0 Å². The van der Waals surface area contributed by atoms with Crippen molar-refractivity contribution >= 4 is 5.78 Å². The summed E-state index contributed by atoms with van der Waals surface area (Å²) in [5, 5.41) is 0. The zero-order valence-corrected chi connectivity index (χ0v) is 11.0. The summed E-state index contributed by atoms with van der Waals surface area (Å²) in [5.74, 6) is 0.401. The fourth-order valence-corrected chi connectivity index (χ4v) is 3.11. The summed E-state index contributed by atoms with van der Waals surface area (Å²) < 4.78 is 5.85. The summed E-state index contributed by atoms with van der Waals surface area (Å²) in [6.07, 6.45) is 8.12. The lowest BCUT2D eigenvalue weighted by molar-refractivity contribution is -0.119. The van der Waals surface area contributed by atoms with Gasteiger partial charge >= 0.3 is 0 Å². The van der Waals surface area contributed by atoms with E-state index >= 15 is 0 Å². The molecule has 0 N–H and O–H groups in total. The largest absolute Gasteiger partial charge is 0.375 e. The first-order chi connectivity index (χ1) is 8.31. The Labute approximate surface area is 105 Å². The molecule has 0 amide bonds. The van der Waals surface area contributed by atoms with Crippen LogP contribution < -0.4 is 0 Å². The lowest BCUT2D eigenvalue weighted by Crippen LogP contribution is -2.52. The Kier molecular flexibility index (Phi) is 4.99. The van der Waals surface area contributed by atoms with E-state index in [4.69, 9.17) is 4.74 Å². The SMILES string of the molecule is CCC(=O)CCCN1CCOC2CCCCC21. The predicted molar refractivity (Wildman–Crippen MR) is 68.1 cm³/mol. The van der Waals surface area contributed by atoms with E-state index in [0.29, 0.717) is 24.3 Å². The molecule has 1 saturated heterocycles. The molecule has 2 fully saturated rings. The molecular formula is C14H25NO2. The van der Waals surface area contributed by atoms with Gasteiger partial charge in [-0.05, 0) is 25.8 Å². The molecule has 0 spiro atoms. The van der Waals surface area contributed by atoms with Gasteiger partial charge in [-0.1, -0.05) is 19.8 Å². The van der Waals surface area contributed by atoms with E-state index in [-0.39, 0.29) is 0 Å². The number of Topliss-reactive ketones (excluding diaryl/α,β-unsaturated/α-hetero) is 1. The van der Waals surface area contributed by atoms with Crippen molar-refractivity contribution in [1.82, 2.24) is 4.90 Å². The van der Waals surface area contributed by atoms with Crippen molar-refractivity contribution in [3.63, 3.8) is 0 Å². The molecule has 2 aliphatic rings. The average molecular weight is 239 g/mol. The molecular weight excluding hydrogens is 214 g/mol. The van der Waals surface area contributed by atoms with E-state index in [0.717, 1.165) is 32.5 Å². The third kappa shape index (κ3) is 3.52. The molecule has 2 rings (SSSR count). The molecule has 0 radical (unpaired) electrons. The van der Waals surface area contributed by atoms with Crippen LogP contribution >= 0.6 is 0 Å². The number of hydrogen-bond donors (Lipinski definition) is 0. The number of morpholine rings is 1. The van der Waals surface area contributed by atoms with E-state index in [2.05, 4.69) is 4.90 Å². The van der Waals surface area contributed by atoms with Gasteiger partial charge < -0.3 is 4.74 Å². The number of carbonyl (C=O) groups excluding carboxylic acids is 1. The maximum absolute atomic E-state index is 11.3. The van der Waals surface area contributed by atoms with Crippen LogP contribution in [0.5, 0.6) is 0 Å². The van der Waals surface area contributed by atoms with Crippen molar-refractivity contribution in [2.45, 2.75) is 64.0 Å². The van der Waals surface area contributed by atoms with Gasteiger partial charge in [-0.2, -0.15) is 0 Å². The van der Waals surface area contributed by atoms with Gasteiger partial charge in [0.1, 0.15) is 5.78 Å². The molecule has 0 aromatic heterocycles. The number of ether oxygens (including phenoxy) is 1. The smallest absolute Gasteiger partial charge is 0.132 e. The Balaban J connectivity index is 1.76. The van der Waals surface area contributed by atoms with Crippen LogP contribution in [0.4, 0.5) is 0 Å². The third-order valence-corrected chi connectivity index (χ3v) is 4.14. The molecule has 1 aliphatic heterocycles. The van der Waals surface area contributed by atoms with Gasteiger partial charge in [0.2, 0.25) is 0 Å². The van der Waals surface area contributed by atoms with E-state index in [1.54, 1.807) is 0 Å². The normalized spacial score (nSPS) is 29.9. The van der Waals surface area contributed by atoms with Crippen molar-refractivity contribution < 1.29 is 9.53 Å². The predicted octanol–water partition coefficient (Wildman–Crippen LogP) is 2.39. The molecule has 1 aliphatic carbocycles. The van der Waals surface area contributed by atoms with Gasteiger partial charge in [0, 0.05) is 25.4 Å². The van der Waals surface area contributed by atoms with Crippen molar-refractivity contribution in [2.75, 3.05) is 19.7 Å². The topological polar surface area (TPSA) is 29.5 Å². The summed E-state index contributed by atoms with van der Waals surface area (Å²) in [4.78, 5) is 13.9. The number of ketones is 1. The molecule has 17 heavy (non-hydrogen) atoms. The fourth-order valence-electron chi connectivity index (χ4n) is 3.11. The number of rotatable bonds is 5. The Hall–Kier alpha value is -0.410. The molecule has 2 unspecified atom stereocenters. The lowest BCUT2D eigenvalue weighted by Gasteiger charge is -2.43. The summed E-state index contributed by atoms with van der Waals surface area (Å²) in [7, 11) is 0.